The Bertz CT molecular complexity index is 413. The lowest BCUT2D eigenvalue weighted by atomic mass is 9.97. The first-order valence-corrected chi connectivity index (χ1v) is 6.98. The minimum Gasteiger partial charge on any atom is -0.381 e. The highest BCUT2D eigenvalue weighted by atomic mass is 16.5. The van der Waals surface area contributed by atoms with Gasteiger partial charge in [-0.25, -0.2) is 0 Å². The fourth-order valence-corrected chi connectivity index (χ4v) is 3.11. The van der Waals surface area contributed by atoms with Crippen molar-refractivity contribution in [3.8, 4) is 0 Å². The average Bonchev–Trinajstić information content (AvgIpc) is 2.47. The highest BCUT2D eigenvalue weighted by Crippen LogP contribution is 2.29. The summed E-state index contributed by atoms with van der Waals surface area (Å²) in [4.78, 5) is 2.48. The standard InChI is InChI=1S/C15H22N2O/c1-17(13-6-9-18-10-7-13)15-4-2-3-12-11-16-8-5-14(12)15/h2-4,13,16H,5-11H2,1H3. The molecule has 1 fully saturated rings. The van der Waals surface area contributed by atoms with Crippen LogP contribution in [0.1, 0.15) is 24.0 Å². The number of ether oxygens (including phenoxy) is 1. The highest BCUT2D eigenvalue weighted by Gasteiger charge is 2.22. The van der Waals surface area contributed by atoms with Gasteiger partial charge in [0.1, 0.15) is 0 Å². The number of anilines is 1. The second-order valence-electron chi connectivity index (χ2n) is 5.30. The van der Waals surface area contributed by atoms with E-state index < -0.39 is 0 Å². The first kappa shape index (κ1) is 12.0. The van der Waals surface area contributed by atoms with E-state index in [2.05, 4.69) is 35.5 Å². The molecule has 0 bridgehead atoms. The minimum absolute atomic E-state index is 0.639. The molecule has 0 aliphatic carbocycles. The molecule has 3 nitrogen and oxygen atoms in total. The fourth-order valence-electron chi connectivity index (χ4n) is 3.11. The smallest absolute Gasteiger partial charge is 0.0485 e. The zero-order valence-electron chi connectivity index (χ0n) is 11.1. The van der Waals surface area contributed by atoms with Gasteiger partial charge in [-0.3, -0.25) is 0 Å². The van der Waals surface area contributed by atoms with E-state index in [1.807, 2.05) is 0 Å². The topological polar surface area (TPSA) is 24.5 Å². The van der Waals surface area contributed by atoms with E-state index in [0.29, 0.717) is 6.04 Å². The molecule has 1 N–H and O–H groups in total. The van der Waals surface area contributed by atoms with Crippen LogP contribution in [-0.2, 0) is 17.7 Å². The van der Waals surface area contributed by atoms with Crippen LogP contribution in [0.25, 0.3) is 0 Å². The molecule has 98 valence electrons. The Kier molecular flexibility index (Phi) is 3.52. The summed E-state index contributed by atoms with van der Waals surface area (Å²) in [5.74, 6) is 0. The molecule has 0 unspecified atom stereocenters. The van der Waals surface area contributed by atoms with Crippen molar-refractivity contribution in [1.82, 2.24) is 5.32 Å². The third-order valence-electron chi connectivity index (χ3n) is 4.23. The van der Waals surface area contributed by atoms with Gasteiger partial charge in [0.15, 0.2) is 0 Å². The zero-order chi connectivity index (χ0) is 12.4. The van der Waals surface area contributed by atoms with Crippen LogP contribution in [0.5, 0.6) is 0 Å². The molecule has 18 heavy (non-hydrogen) atoms. The van der Waals surface area contributed by atoms with Crippen molar-refractivity contribution < 1.29 is 4.74 Å². The SMILES string of the molecule is CN(c1cccc2c1CCNC2)C1CCOCC1. The van der Waals surface area contributed by atoms with E-state index in [1.54, 1.807) is 5.56 Å². The molecule has 1 aromatic rings. The molecule has 0 saturated carbocycles. The van der Waals surface area contributed by atoms with Crippen molar-refractivity contribution in [2.45, 2.75) is 31.8 Å². The Morgan fingerprint density at radius 1 is 1.28 bits per heavy atom. The zero-order valence-corrected chi connectivity index (χ0v) is 11.1. The van der Waals surface area contributed by atoms with Gasteiger partial charge in [-0.15, -0.1) is 0 Å². The van der Waals surface area contributed by atoms with E-state index in [9.17, 15) is 0 Å². The molecule has 3 heteroatoms. The molecule has 1 saturated heterocycles. The van der Waals surface area contributed by atoms with Crippen molar-refractivity contribution in [3.05, 3.63) is 29.3 Å². The van der Waals surface area contributed by atoms with Gasteiger partial charge in [0, 0.05) is 38.5 Å². The van der Waals surface area contributed by atoms with Crippen molar-refractivity contribution in [1.29, 1.82) is 0 Å². The maximum absolute atomic E-state index is 5.46. The van der Waals surface area contributed by atoms with Crippen LogP contribution in [0.2, 0.25) is 0 Å². The molecule has 2 heterocycles. The van der Waals surface area contributed by atoms with E-state index in [4.69, 9.17) is 4.74 Å². The normalized spacial score (nSPS) is 20.5. The number of rotatable bonds is 2. The first-order chi connectivity index (χ1) is 8.86. The van der Waals surface area contributed by atoms with E-state index in [1.165, 1.54) is 11.3 Å². The largest absolute Gasteiger partial charge is 0.381 e. The van der Waals surface area contributed by atoms with Crippen LogP contribution < -0.4 is 10.2 Å². The van der Waals surface area contributed by atoms with Gasteiger partial charge >= 0.3 is 0 Å². The summed E-state index contributed by atoms with van der Waals surface area (Å²) in [5.41, 5.74) is 4.45. The lowest BCUT2D eigenvalue weighted by Crippen LogP contribution is -2.38. The van der Waals surface area contributed by atoms with Crippen LogP contribution in [0.3, 0.4) is 0 Å². The molecule has 1 aromatic carbocycles. The molecule has 0 spiro atoms. The van der Waals surface area contributed by atoms with Gasteiger partial charge in [-0.05, 0) is 43.0 Å². The third-order valence-corrected chi connectivity index (χ3v) is 4.23. The third kappa shape index (κ3) is 2.25. The summed E-state index contributed by atoms with van der Waals surface area (Å²) < 4.78 is 5.46. The Labute approximate surface area is 109 Å². The van der Waals surface area contributed by atoms with Crippen molar-refractivity contribution in [2.24, 2.45) is 0 Å². The Morgan fingerprint density at radius 2 is 2.11 bits per heavy atom. The number of hydrogen-bond donors (Lipinski definition) is 1. The van der Waals surface area contributed by atoms with Gasteiger partial charge in [0.05, 0.1) is 0 Å². The molecule has 2 aliphatic heterocycles. The van der Waals surface area contributed by atoms with Gasteiger partial charge in [0.25, 0.3) is 0 Å². The minimum atomic E-state index is 0.639. The lowest BCUT2D eigenvalue weighted by molar-refractivity contribution is 0.0854. The molecule has 0 atom stereocenters. The highest BCUT2D eigenvalue weighted by molar-refractivity contribution is 5.58. The summed E-state index contributed by atoms with van der Waals surface area (Å²) >= 11 is 0. The van der Waals surface area contributed by atoms with Crippen LogP contribution in [-0.4, -0.2) is 32.8 Å². The van der Waals surface area contributed by atoms with Gasteiger partial charge in [-0.1, -0.05) is 12.1 Å². The summed E-state index contributed by atoms with van der Waals surface area (Å²) in [7, 11) is 2.24. The Hall–Kier alpha value is -1.06. The Morgan fingerprint density at radius 3 is 2.94 bits per heavy atom. The van der Waals surface area contributed by atoms with Gasteiger partial charge in [-0.2, -0.15) is 0 Å². The number of nitrogens with one attached hydrogen (secondary N) is 1. The van der Waals surface area contributed by atoms with E-state index >= 15 is 0 Å². The Balaban J connectivity index is 1.86. The van der Waals surface area contributed by atoms with Crippen LogP contribution in [0.4, 0.5) is 5.69 Å². The van der Waals surface area contributed by atoms with Crippen LogP contribution in [0, 0.1) is 0 Å². The van der Waals surface area contributed by atoms with Crippen molar-refractivity contribution in [2.75, 3.05) is 31.7 Å². The molecule has 0 aromatic heterocycles. The number of nitrogens with zero attached hydrogens (tertiary/aromatic N) is 1. The summed E-state index contributed by atoms with van der Waals surface area (Å²) in [6.45, 7) is 3.94. The quantitative estimate of drug-likeness (QED) is 0.863. The predicted molar refractivity (Wildman–Crippen MR) is 74.1 cm³/mol. The fraction of sp³-hybridized carbons (Fsp3) is 0.600. The number of benzene rings is 1. The lowest BCUT2D eigenvalue weighted by Gasteiger charge is -2.35. The van der Waals surface area contributed by atoms with Crippen LogP contribution >= 0.6 is 0 Å². The van der Waals surface area contributed by atoms with E-state index in [-0.39, 0.29) is 0 Å². The monoisotopic (exact) mass is 246 g/mol. The molecule has 3 rings (SSSR count). The number of fused-ring (bicyclic) bond motifs is 1. The molecule has 2 aliphatic rings. The van der Waals surface area contributed by atoms with Crippen molar-refractivity contribution in [3.63, 3.8) is 0 Å². The molecular formula is C15H22N2O. The average molecular weight is 246 g/mol. The second kappa shape index (κ2) is 5.29. The first-order valence-electron chi connectivity index (χ1n) is 6.98. The molecular weight excluding hydrogens is 224 g/mol. The van der Waals surface area contributed by atoms with E-state index in [0.717, 1.165) is 45.6 Å². The van der Waals surface area contributed by atoms with Gasteiger partial charge < -0.3 is 15.0 Å². The predicted octanol–water partition coefficient (Wildman–Crippen LogP) is 1.95. The van der Waals surface area contributed by atoms with Gasteiger partial charge in [0.2, 0.25) is 0 Å². The van der Waals surface area contributed by atoms with Crippen molar-refractivity contribution >= 4 is 5.69 Å². The van der Waals surface area contributed by atoms with Crippen LogP contribution in [0.15, 0.2) is 18.2 Å². The summed E-state index contributed by atoms with van der Waals surface area (Å²) in [6.07, 6.45) is 3.45. The maximum atomic E-state index is 5.46. The molecule has 0 radical (unpaired) electrons. The summed E-state index contributed by atoms with van der Waals surface area (Å²) in [5, 5.41) is 3.45. The second-order valence-corrected chi connectivity index (χ2v) is 5.30. The number of hydrogen-bond acceptors (Lipinski definition) is 3. The maximum Gasteiger partial charge on any atom is 0.0485 e. The molecule has 0 amide bonds. The summed E-state index contributed by atoms with van der Waals surface area (Å²) in [6, 6.07) is 7.36.